The first-order chi connectivity index (χ1) is 18.7. The van der Waals surface area contributed by atoms with E-state index in [4.69, 9.17) is 8.85 Å². The van der Waals surface area contributed by atoms with Gasteiger partial charge in [-0.3, -0.25) is 0 Å². The Hall–Kier alpha value is -0.166. The molecule has 4 heteroatoms. The number of fused-ring (bicyclic) bond motifs is 1. The Kier molecular flexibility index (Phi) is 9.89. The van der Waals surface area contributed by atoms with Gasteiger partial charge in [0, 0.05) is 6.61 Å². The summed E-state index contributed by atoms with van der Waals surface area (Å²) in [4.78, 5) is 0. The van der Waals surface area contributed by atoms with Crippen LogP contribution in [0.4, 0.5) is 0 Å². The van der Waals surface area contributed by atoms with Crippen molar-refractivity contribution in [1.82, 2.24) is 0 Å². The van der Waals surface area contributed by atoms with E-state index in [1.165, 1.54) is 69.5 Å². The van der Waals surface area contributed by atoms with Crippen LogP contribution in [0, 0.1) is 34.5 Å². The van der Waals surface area contributed by atoms with Gasteiger partial charge in [-0.05, 0) is 129 Å². The van der Waals surface area contributed by atoms with E-state index in [-0.39, 0.29) is 5.04 Å². The van der Waals surface area contributed by atoms with Crippen LogP contribution in [-0.4, -0.2) is 29.3 Å². The van der Waals surface area contributed by atoms with Crippen molar-refractivity contribution in [2.24, 2.45) is 34.5 Å². The molecule has 0 saturated heterocycles. The quantitative estimate of drug-likeness (QED) is 0.237. The fourth-order valence-corrected chi connectivity index (χ4v) is 13.3. The van der Waals surface area contributed by atoms with Gasteiger partial charge in [-0.2, -0.15) is 0 Å². The summed E-state index contributed by atoms with van der Waals surface area (Å²) in [7, 11) is -3.29. The summed E-state index contributed by atoms with van der Waals surface area (Å²) in [6.07, 6.45) is 17.7. The first kappa shape index (κ1) is 32.7. The SMILES string of the molecule is CC[Si](CC)(CC)OC[C@H](C)[C@H]1CC[C@H]2/C(=C/C=C3/C[C@@H](C)C4(CC4)[C@H](O[Si](C)(C)C(C)(C)C)C3)CCC[C@]12C. The first-order valence-corrected chi connectivity index (χ1v) is 22.8. The average molecular weight is 587 g/mol. The van der Waals surface area contributed by atoms with Crippen molar-refractivity contribution in [3.05, 3.63) is 23.3 Å². The average Bonchev–Trinajstić information content (AvgIpc) is 3.61. The van der Waals surface area contributed by atoms with Gasteiger partial charge in [0.1, 0.15) is 0 Å². The molecule has 4 fully saturated rings. The zero-order chi connectivity index (χ0) is 29.6. The van der Waals surface area contributed by atoms with Crippen molar-refractivity contribution in [2.75, 3.05) is 6.61 Å². The van der Waals surface area contributed by atoms with Crippen LogP contribution in [0.1, 0.15) is 120 Å². The molecule has 4 aliphatic rings. The van der Waals surface area contributed by atoms with Gasteiger partial charge in [-0.25, -0.2) is 0 Å². The maximum absolute atomic E-state index is 7.18. The molecule has 0 aromatic heterocycles. The van der Waals surface area contributed by atoms with Crippen LogP contribution in [-0.2, 0) is 8.85 Å². The number of rotatable bonds is 10. The molecule has 0 heterocycles. The molecule has 4 saturated carbocycles. The van der Waals surface area contributed by atoms with Crippen LogP contribution in [0.3, 0.4) is 0 Å². The molecule has 40 heavy (non-hydrogen) atoms. The molecule has 0 aliphatic heterocycles. The van der Waals surface area contributed by atoms with Crippen molar-refractivity contribution in [3.8, 4) is 0 Å². The molecule has 230 valence electrons. The molecule has 0 aromatic carbocycles. The minimum atomic E-state index is -1.78. The van der Waals surface area contributed by atoms with Crippen molar-refractivity contribution in [3.63, 3.8) is 0 Å². The first-order valence-electron chi connectivity index (χ1n) is 17.4. The van der Waals surface area contributed by atoms with Gasteiger partial charge in [0.25, 0.3) is 0 Å². The van der Waals surface area contributed by atoms with E-state index in [2.05, 4.69) is 87.6 Å². The van der Waals surface area contributed by atoms with Crippen molar-refractivity contribution < 1.29 is 8.85 Å². The Labute approximate surface area is 251 Å². The Morgan fingerprint density at radius 3 is 2.20 bits per heavy atom. The predicted octanol–water partition coefficient (Wildman–Crippen LogP) is 11.3. The van der Waals surface area contributed by atoms with Gasteiger partial charge < -0.3 is 8.85 Å². The molecular formula is C36H66O2Si2. The highest BCUT2D eigenvalue weighted by Gasteiger charge is 2.58. The second-order valence-corrected chi connectivity index (χ2v) is 26.1. The third kappa shape index (κ3) is 6.22. The lowest BCUT2D eigenvalue weighted by atomic mass is 9.61. The van der Waals surface area contributed by atoms with E-state index in [1.54, 1.807) is 11.1 Å². The highest BCUT2D eigenvalue weighted by molar-refractivity contribution is 6.74. The second-order valence-electron chi connectivity index (χ2n) is 16.6. The normalized spacial score (nSPS) is 35.4. The zero-order valence-electron chi connectivity index (χ0n) is 28.6. The van der Waals surface area contributed by atoms with Crippen molar-refractivity contribution in [1.29, 1.82) is 0 Å². The van der Waals surface area contributed by atoms with Gasteiger partial charge in [-0.15, -0.1) is 0 Å². The Bertz CT molecular complexity index is 927. The van der Waals surface area contributed by atoms with Crippen LogP contribution in [0.25, 0.3) is 0 Å². The van der Waals surface area contributed by atoms with Crippen LogP contribution in [0.15, 0.2) is 23.3 Å². The summed E-state index contributed by atoms with van der Waals surface area (Å²) < 4.78 is 14.0. The van der Waals surface area contributed by atoms with E-state index in [9.17, 15) is 0 Å². The molecule has 0 N–H and O–H groups in total. The summed E-state index contributed by atoms with van der Waals surface area (Å²) in [5.74, 6) is 2.99. The van der Waals surface area contributed by atoms with Crippen LogP contribution >= 0.6 is 0 Å². The lowest BCUT2D eigenvalue weighted by Gasteiger charge is -2.46. The molecule has 0 bridgehead atoms. The Balaban J connectivity index is 1.47. The molecular weight excluding hydrogens is 521 g/mol. The molecule has 0 unspecified atom stereocenters. The third-order valence-electron chi connectivity index (χ3n) is 13.6. The van der Waals surface area contributed by atoms with Gasteiger partial charge in [0.05, 0.1) is 6.10 Å². The highest BCUT2D eigenvalue weighted by Crippen LogP contribution is 2.63. The van der Waals surface area contributed by atoms with E-state index in [0.29, 0.717) is 22.9 Å². The third-order valence-corrected chi connectivity index (χ3v) is 22.7. The summed E-state index contributed by atoms with van der Waals surface area (Å²) in [5.41, 5.74) is 4.34. The molecule has 0 aromatic rings. The maximum Gasteiger partial charge on any atom is 0.192 e. The standard InChI is InChI=1S/C36H66O2Si2/c1-12-40(13-2,14-3)37-26-27(4)31-19-20-32-30(16-15-21-35(31,32)9)18-17-29-24-28(5)36(22-23-36)33(25-29)38-39(10,11)34(6,7)8/h17-18,27-28,31-33H,12-16,19-26H2,1-11H3/b29-17-,30-18+/t27-,28+,31+,32-,33+,35+/m0/s1. The predicted molar refractivity (Wildman–Crippen MR) is 179 cm³/mol. The van der Waals surface area contributed by atoms with E-state index in [1.807, 2.05) is 0 Å². The van der Waals surface area contributed by atoms with E-state index >= 15 is 0 Å². The summed E-state index contributed by atoms with van der Waals surface area (Å²) in [5, 5.41) is 0.274. The fraction of sp³-hybridized carbons (Fsp3) is 0.889. The van der Waals surface area contributed by atoms with Gasteiger partial charge in [0.2, 0.25) is 0 Å². The molecule has 4 aliphatic carbocycles. The molecule has 4 rings (SSSR count). The second kappa shape index (κ2) is 12.1. The molecule has 6 atom stereocenters. The largest absolute Gasteiger partial charge is 0.417 e. The summed E-state index contributed by atoms with van der Waals surface area (Å²) >= 11 is 0. The highest BCUT2D eigenvalue weighted by atomic mass is 28.4. The minimum absolute atomic E-state index is 0.274. The van der Waals surface area contributed by atoms with Gasteiger partial charge >= 0.3 is 0 Å². The van der Waals surface area contributed by atoms with E-state index < -0.39 is 16.6 Å². The molecule has 0 radical (unpaired) electrons. The smallest absolute Gasteiger partial charge is 0.192 e. The maximum atomic E-state index is 7.18. The van der Waals surface area contributed by atoms with Gasteiger partial charge in [-0.1, -0.05) is 85.6 Å². The van der Waals surface area contributed by atoms with Crippen LogP contribution < -0.4 is 0 Å². The minimum Gasteiger partial charge on any atom is -0.417 e. The number of allylic oxidation sites excluding steroid dienone is 3. The van der Waals surface area contributed by atoms with Crippen LogP contribution in [0.5, 0.6) is 0 Å². The number of hydrogen-bond donors (Lipinski definition) is 0. The summed E-state index contributed by atoms with van der Waals surface area (Å²) in [6.45, 7) is 27.9. The lowest BCUT2D eigenvalue weighted by Crippen LogP contribution is -2.48. The Morgan fingerprint density at radius 1 is 0.975 bits per heavy atom. The molecule has 1 spiro atoms. The van der Waals surface area contributed by atoms with Crippen LogP contribution in [0.2, 0.25) is 36.3 Å². The number of hydrogen-bond acceptors (Lipinski definition) is 2. The monoisotopic (exact) mass is 586 g/mol. The molecule has 0 amide bonds. The zero-order valence-corrected chi connectivity index (χ0v) is 30.6. The van der Waals surface area contributed by atoms with Crippen molar-refractivity contribution in [2.45, 2.75) is 162 Å². The van der Waals surface area contributed by atoms with Gasteiger partial charge in [0.15, 0.2) is 16.6 Å². The molecule has 2 nitrogen and oxygen atoms in total. The van der Waals surface area contributed by atoms with Crippen molar-refractivity contribution >= 4 is 16.6 Å². The summed E-state index contributed by atoms with van der Waals surface area (Å²) in [6, 6.07) is 3.79. The topological polar surface area (TPSA) is 18.5 Å². The fourth-order valence-electron chi connectivity index (χ4n) is 9.14. The van der Waals surface area contributed by atoms with E-state index in [0.717, 1.165) is 30.8 Å². The Morgan fingerprint density at radius 2 is 1.62 bits per heavy atom. The lowest BCUT2D eigenvalue weighted by molar-refractivity contribution is 0.0498.